The number of nitrogens with one attached hydrogen (secondary N) is 1. The molecule has 0 aromatic carbocycles. The first-order valence-electron chi connectivity index (χ1n) is 10.6. The van der Waals surface area contributed by atoms with Gasteiger partial charge in [-0.15, -0.1) is 0 Å². The van der Waals surface area contributed by atoms with Crippen molar-refractivity contribution in [3.8, 4) is 0 Å². The molecule has 4 rings (SSSR count). The summed E-state index contributed by atoms with van der Waals surface area (Å²) >= 11 is 0. The Morgan fingerprint density at radius 2 is 1.77 bits per heavy atom. The molecule has 3 atom stereocenters. The zero-order valence-corrected chi connectivity index (χ0v) is 17.8. The highest BCUT2D eigenvalue weighted by atomic mass is 32.2. The molecular formula is C20H28F3N3O3S. The normalized spacial score (nSPS) is 28.7. The van der Waals surface area contributed by atoms with E-state index in [0.717, 1.165) is 70.4 Å². The predicted molar refractivity (Wildman–Crippen MR) is 104 cm³/mol. The first kappa shape index (κ1) is 22.0. The van der Waals surface area contributed by atoms with E-state index in [-0.39, 0.29) is 28.7 Å². The highest BCUT2D eigenvalue weighted by Crippen LogP contribution is 2.40. The number of hydrogen-bond donors (Lipinski definition) is 1. The first-order chi connectivity index (χ1) is 14.2. The van der Waals surface area contributed by atoms with E-state index >= 15 is 0 Å². The molecule has 168 valence electrons. The van der Waals surface area contributed by atoms with E-state index in [2.05, 4.69) is 10.3 Å². The minimum absolute atomic E-state index is 0.107. The summed E-state index contributed by atoms with van der Waals surface area (Å²) in [6.07, 6.45) is 0.526. The van der Waals surface area contributed by atoms with Crippen LogP contribution in [0, 0.1) is 12.8 Å². The molecule has 2 bridgehead atoms. The van der Waals surface area contributed by atoms with Gasteiger partial charge < -0.3 is 10.1 Å². The molecule has 3 saturated heterocycles. The highest BCUT2D eigenvalue weighted by molar-refractivity contribution is 7.89. The lowest BCUT2D eigenvalue weighted by molar-refractivity contribution is -0.141. The predicted octanol–water partition coefficient (Wildman–Crippen LogP) is 3.11. The smallest absolute Gasteiger partial charge is 0.381 e. The van der Waals surface area contributed by atoms with Crippen molar-refractivity contribution in [2.75, 3.05) is 19.8 Å². The summed E-state index contributed by atoms with van der Waals surface area (Å²) < 4.78 is 72.3. The van der Waals surface area contributed by atoms with Crippen LogP contribution in [0.5, 0.6) is 0 Å². The molecular weight excluding hydrogens is 419 g/mol. The lowest BCUT2D eigenvalue weighted by atomic mass is 9.96. The Morgan fingerprint density at radius 3 is 2.33 bits per heavy atom. The molecule has 0 amide bonds. The molecule has 10 heteroatoms. The summed E-state index contributed by atoms with van der Waals surface area (Å²) in [5.74, 6) is 0.596. The number of fused-ring (bicyclic) bond motifs is 2. The van der Waals surface area contributed by atoms with E-state index in [1.165, 1.54) is 11.2 Å². The summed E-state index contributed by atoms with van der Waals surface area (Å²) in [6.45, 7) is 3.85. The van der Waals surface area contributed by atoms with Gasteiger partial charge in [0.1, 0.15) is 10.6 Å². The molecule has 1 unspecified atom stereocenters. The number of aryl methyl sites for hydroxylation is 1. The molecule has 0 spiro atoms. The zero-order valence-electron chi connectivity index (χ0n) is 17.0. The van der Waals surface area contributed by atoms with Gasteiger partial charge in [-0.2, -0.15) is 17.5 Å². The number of sulfonamides is 1. The molecule has 1 aromatic rings. The van der Waals surface area contributed by atoms with E-state index in [0.29, 0.717) is 5.92 Å². The standard InChI is InChI=1S/C20H28F3N3O3S/c1-13-18(4-5-19(25-13)20(21,22)23)30(27,28)26-16-2-3-17(26)11-15(10-16)24-12-14-6-8-29-9-7-14/h4-5,14-17,24H,2-3,6-12H2,1H3/t15?,16-,17+. The van der Waals surface area contributed by atoms with Crippen LogP contribution < -0.4 is 5.32 Å². The number of pyridine rings is 1. The van der Waals surface area contributed by atoms with Gasteiger partial charge in [0.05, 0.1) is 5.69 Å². The van der Waals surface area contributed by atoms with Gasteiger partial charge in [0, 0.05) is 31.3 Å². The Labute approximate surface area is 175 Å². The molecule has 1 N–H and O–H groups in total. The van der Waals surface area contributed by atoms with Crippen LogP contribution >= 0.6 is 0 Å². The molecule has 3 aliphatic heterocycles. The zero-order chi connectivity index (χ0) is 21.5. The summed E-state index contributed by atoms with van der Waals surface area (Å²) in [5, 5.41) is 3.62. The minimum Gasteiger partial charge on any atom is -0.381 e. The van der Waals surface area contributed by atoms with Gasteiger partial charge in [-0.1, -0.05) is 0 Å². The summed E-state index contributed by atoms with van der Waals surface area (Å²) in [4.78, 5) is 3.39. The third-order valence-electron chi connectivity index (χ3n) is 6.59. The number of ether oxygens (including phenoxy) is 1. The third kappa shape index (κ3) is 4.37. The molecule has 3 aliphatic rings. The maximum absolute atomic E-state index is 13.3. The van der Waals surface area contributed by atoms with Crippen molar-refractivity contribution in [3.05, 3.63) is 23.5 Å². The van der Waals surface area contributed by atoms with Gasteiger partial charge in [0.2, 0.25) is 10.0 Å². The molecule has 30 heavy (non-hydrogen) atoms. The molecule has 0 radical (unpaired) electrons. The Hall–Kier alpha value is -1.23. The van der Waals surface area contributed by atoms with Crippen molar-refractivity contribution in [3.63, 3.8) is 0 Å². The number of alkyl halides is 3. The van der Waals surface area contributed by atoms with E-state index in [9.17, 15) is 21.6 Å². The van der Waals surface area contributed by atoms with Gasteiger partial charge in [-0.3, -0.25) is 0 Å². The number of piperidine rings is 1. The Morgan fingerprint density at radius 1 is 1.13 bits per heavy atom. The molecule has 0 aliphatic carbocycles. The second-order valence-electron chi connectivity index (χ2n) is 8.63. The lowest BCUT2D eigenvalue weighted by Gasteiger charge is -2.39. The number of rotatable bonds is 5. The fourth-order valence-electron chi connectivity index (χ4n) is 5.07. The van der Waals surface area contributed by atoms with Crippen LogP contribution in [0.15, 0.2) is 17.0 Å². The molecule has 6 nitrogen and oxygen atoms in total. The summed E-state index contributed by atoms with van der Waals surface area (Å²) in [5.41, 5.74) is -1.18. The highest BCUT2D eigenvalue weighted by Gasteiger charge is 2.47. The van der Waals surface area contributed by atoms with Crippen molar-refractivity contribution >= 4 is 10.0 Å². The molecule has 4 heterocycles. The van der Waals surface area contributed by atoms with Gasteiger partial charge in [0.25, 0.3) is 0 Å². The molecule has 1 aromatic heterocycles. The maximum atomic E-state index is 13.3. The van der Waals surface area contributed by atoms with E-state index in [4.69, 9.17) is 4.74 Å². The SMILES string of the molecule is Cc1nc(C(F)(F)F)ccc1S(=O)(=O)N1[C@@H]2CC[C@H]1CC(NCC1CCOCC1)C2. The van der Waals surface area contributed by atoms with Gasteiger partial charge in [-0.05, 0) is 70.0 Å². The van der Waals surface area contributed by atoms with Gasteiger partial charge in [0.15, 0.2) is 0 Å². The topological polar surface area (TPSA) is 71.5 Å². The van der Waals surface area contributed by atoms with Gasteiger partial charge in [-0.25, -0.2) is 13.4 Å². The number of hydrogen-bond acceptors (Lipinski definition) is 5. The monoisotopic (exact) mass is 447 g/mol. The van der Waals surface area contributed by atoms with E-state index in [1.807, 2.05) is 0 Å². The fraction of sp³-hybridized carbons (Fsp3) is 0.750. The van der Waals surface area contributed by atoms with Crippen molar-refractivity contribution in [2.45, 2.75) is 74.6 Å². The van der Waals surface area contributed by atoms with Crippen LogP contribution in [0.2, 0.25) is 0 Å². The lowest BCUT2D eigenvalue weighted by Crippen LogP contribution is -2.52. The van der Waals surface area contributed by atoms with Crippen LogP contribution in [0.25, 0.3) is 0 Å². The summed E-state index contributed by atoms with van der Waals surface area (Å²) in [7, 11) is -3.89. The average Bonchev–Trinajstić information content (AvgIpc) is 2.98. The van der Waals surface area contributed by atoms with Crippen LogP contribution in [-0.2, 0) is 20.9 Å². The second kappa shape index (κ2) is 8.37. The average molecular weight is 448 g/mol. The molecule has 0 saturated carbocycles. The first-order valence-corrected chi connectivity index (χ1v) is 12.0. The van der Waals surface area contributed by atoms with Gasteiger partial charge >= 0.3 is 6.18 Å². The van der Waals surface area contributed by atoms with Crippen LogP contribution in [0.3, 0.4) is 0 Å². The Bertz CT molecular complexity index is 858. The Kier molecular flexibility index (Phi) is 6.13. The molecule has 3 fully saturated rings. The van der Waals surface area contributed by atoms with Crippen LogP contribution in [0.1, 0.15) is 49.9 Å². The van der Waals surface area contributed by atoms with Crippen molar-refractivity contribution < 1.29 is 26.3 Å². The van der Waals surface area contributed by atoms with Crippen molar-refractivity contribution in [1.82, 2.24) is 14.6 Å². The van der Waals surface area contributed by atoms with E-state index in [1.54, 1.807) is 0 Å². The van der Waals surface area contributed by atoms with E-state index < -0.39 is 21.9 Å². The quantitative estimate of drug-likeness (QED) is 0.751. The third-order valence-corrected chi connectivity index (χ3v) is 8.72. The van der Waals surface area contributed by atoms with Crippen molar-refractivity contribution in [2.24, 2.45) is 5.92 Å². The van der Waals surface area contributed by atoms with Crippen LogP contribution in [-0.4, -0.2) is 55.6 Å². The van der Waals surface area contributed by atoms with Crippen molar-refractivity contribution in [1.29, 1.82) is 0 Å². The fourth-order valence-corrected chi connectivity index (χ4v) is 7.12. The maximum Gasteiger partial charge on any atom is 0.433 e. The Balaban J connectivity index is 1.46. The largest absolute Gasteiger partial charge is 0.433 e. The number of nitrogens with zero attached hydrogens (tertiary/aromatic N) is 2. The second-order valence-corrected chi connectivity index (χ2v) is 10.4. The summed E-state index contributed by atoms with van der Waals surface area (Å²) in [6, 6.07) is 1.83. The van der Waals surface area contributed by atoms with Crippen LogP contribution in [0.4, 0.5) is 13.2 Å². The number of halogens is 3. The minimum atomic E-state index is -4.60. The number of aromatic nitrogens is 1.